The molecule has 2 N–H and O–H groups in total. The van der Waals surface area contributed by atoms with E-state index in [0.717, 1.165) is 12.0 Å². The van der Waals surface area contributed by atoms with Gasteiger partial charge in [-0.2, -0.15) is 0 Å². The molecule has 0 aliphatic heterocycles. The van der Waals surface area contributed by atoms with Gasteiger partial charge in [0.2, 0.25) is 0 Å². The van der Waals surface area contributed by atoms with Crippen LogP contribution in [0.5, 0.6) is 0 Å². The van der Waals surface area contributed by atoms with E-state index in [1.54, 1.807) is 20.8 Å². The van der Waals surface area contributed by atoms with Crippen molar-refractivity contribution in [3.63, 3.8) is 0 Å². The zero-order chi connectivity index (χ0) is 12.1. The van der Waals surface area contributed by atoms with E-state index in [1.165, 1.54) is 0 Å². The van der Waals surface area contributed by atoms with Gasteiger partial charge in [-0.1, -0.05) is 18.9 Å². The third-order valence-electron chi connectivity index (χ3n) is 2.17. The Bertz CT molecular complexity index is 249. The maximum absolute atomic E-state index is 11.4. The van der Waals surface area contributed by atoms with Crippen molar-refractivity contribution in [3.05, 3.63) is 11.1 Å². The number of ether oxygens (including phenoxy) is 1. The van der Waals surface area contributed by atoms with Crippen LogP contribution >= 0.6 is 0 Å². The molecule has 15 heavy (non-hydrogen) atoms. The summed E-state index contributed by atoms with van der Waals surface area (Å²) in [5.41, 5.74) is 1.20. The molecule has 4 nitrogen and oxygen atoms in total. The summed E-state index contributed by atoms with van der Waals surface area (Å²) in [5.74, 6) is -3.03. The molecule has 0 saturated heterocycles. The fourth-order valence-electron chi connectivity index (χ4n) is 0.887. The smallest absolute Gasteiger partial charge is 0.337 e. The van der Waals surface area contributed by atoms with E-state index in [4.69, 9.17) is 0 Å². The minimum absolute atomic E-state index is 0.0330. The second-order valence-corrected chi connectivity index (χ2v) is 3.86. The van der Waals surface area contributed by atoms with E-state index in [-0.39, 0.29) is 6.42 Å². The summed E-state index contributed by atoms with van der Waals surface area (Å²) < 4.78 is 4.58. The highest BCUT2D eigenvalue weighted by atomic mass is 16.8. The quantitative estimate of drug-likeness (QED) is 0.417. The van der Waals surface area contributed by atoms with E-state index in [9.17, 15) is 15.0 Å². The molecule has 0 unspecified atom stereocenters. The summed E-state index contributed by atoms with van der Waals surface area (Å²) in [7, 11) is 0. The van der Waals surface area contributed by atoms with E-state index < -0.39 is 11.9 Å². The van der Waals surface area contributed by atoms with Crippen molar-refractivity contribution in [2.45, 2.75) is 52.9 Å². The molecule has 0 bridgehead atoms. The number of rotatable bonds is 5. The molecule has 0 fully saturated rings. The second-order valence-electron chi connectivity index (χ2n) is 3.86. The molecule has 0 aliphatic carbocycles. The zero-order valence-electron chi connectivity index (χ0n) is 9.83. The summed E-state index contributed by atoms with van der Waals surface area (Å²) in [5, 5.41) is 18.7. The van der Waals surface area contributed by atoms with Crippen LogP contribution in [0.25, 0.3) is 0 Å². The van der Waals surface area contributed by atoms with Gasteiger partial charge in [-0.3, -0.25) is 0 Å². The first-order valence-corrected chi connectivity index (χ1v) is 5.12. The number of hydrogen-bond acceptors (Lipinski definition) is 4. The van der Waals surface area contributed by atoms with E-state index in [2.05, 4.69) is 4.74 Å². The van der Waals surface area contributed by atoms with Crippen molar-refractivity contribution in [1.82, 2.24) is 0 Å². The third-order valence-corrected chi connectivity index (χ3v) is 2.17. The normalized spacial score (nSPS) is 11.1. The first-order chi connectivity index (χ1) is 6.80. The van der Waals surface area contributed by atoms with Crippen LogP contribution in [0.4, 0.5) is 0 Å². The zero-order valence-corrected chi connectivity index (χ0v) is 9.83. The van der Waals surface area contributed by atoms with E-state index >= 15 is 0 Å². The van der Waals surface area contributed by atoms with Gasteiger partial charge in [-0.05, 0) is 27.2 Å². The Morgan fingerprint density at radius 3 is 2.20 bits per heavy atom. The summed E-state index contributed by atoms with van der Waals surface area (Å²) in [6, 6.07) is 0. The van der Waals surface area contributed by atoms with Crippen molar-refractivity contribution in [1.29, 1.82) is 0 Å². The van der Waals surface area contributed by atoms with Crippen LogP contribution in [-0.2, 0) is 9.53 Å². The molecule has 0 atom stereocenters. The van der Waals surface area contributed by atoms with Gasteiger partial charge in [-0.25, -0.2) is 4.79 Å². The number of hydrogen-bond donors (Lipinski definition) is 2. The van der Waals surface area contributed by atoms with Crippen LogP contribution in [0.15, 0.2) is 11.1 Å². The largest absolute Gasteiger partial charge is 0.405 e. The average Bonchev–Trinajstić information content (AvgIpc) is 2.12. The molecule has 0 amide bonds. The molecule has 0 spiro atoms. The summed E-state index contributed by atoms with van der Waals surface area (Å²) in [6.07, 6.45) is 1.43. The first kappa shape index (κ1) is 14.1. The minimum Gasteiger partial charge on any atom is -0.405 e. The van der Waals surface area contributed by atoms with Crippen molar-refractivity contribution >= 4 is 5.97 Å². The Labute approximate surface area is 90.6 Å². The van der Waals surface area contributed by atoms with Crippen LogP contribution in [0, 0.1) is 0 Å². The van der Waals surface area contributed by atoms with E-state index in [1.807, 2.05) is 6.92 Å². The molecule has 0 aromatic heterocycles. The van der Waals surface area contributed by atoms with Crippen LogP contribution in [0.2, 0.25) is 0 Å². The Hall–Kier alpha value is -0.870. The molecule has 0 aromatic rings. The number of allylic oxidation sites excluding steroid dienone is 1. The van der Waals surface area contributed by atoms with Gasteiger partial charge in [0, 0.05) is 12.0 Å². The maximum Gasteiger partial charge on any atom is 0.337 e. The number of carbonyl (C=O) groups is 1. The lowest BCUT2D eigenvalue weighted by molar-refractivity contribution is -0.320. The minimum atomic E-state index is -2.34. The lowest BCUT2D eigenvalue weighted by atomic mass is 10.2. The van der Waals surface area contributed by atoms with Gasteiger partial charge >= 0.3 is 11.9 Å². The molecule has 0 aromatic carbocycles. The number of aliphatic hydroxyl groups is 2. The summed E-state index contributed by atoms with van der Waals surface area (Å²) in [6.45, 7) is 7.03. The van der Waals surface area contributed by atoms with Crippen LogP contribution in [0.1, 0.15) is 47.0 Å². The van der Waals surface area contributed by atoms with Gasteiger partial charge in [0.05, 0.1) is 0 Å². The van der Waals surface area contributed by atoms with Gasteiger partial charge in [0.25, 0.3) is 0 Å². The molecule has 0 aliphatic rings. The molecule has 0 rings (SSSR count). The SMILES string of the molecule is CCCCC(O)(O)OC(=O)C(C)=C(C)C. The van der Waals surface area contributed by atoms with Crippen molar-refractivity contribution < 1.29 is 19.7 Å². The average molecular weight is 216 g/mol. The fourth-order valence-corrected chi connectivity index (χ4v) is 0.887. The third kappa shape index (κ3) is 5.54. The maximum atomic E-state index is 11.4. The lowest BCUT2D eigenvalue weighted by Gasteiger charge is -2.21. The van der Waals surface area contributed by atoms with Crippen molar-refractivity contribution in [2.75, 3.05) is 0 Å². The standard InChI is InChI=1S/C11H20O4/c1-5-6-7-11(13,14)15-10(12)9(4)8(2)3/h13-14H,5-7H2,1-4H3. The Morgan fingerprint density at radius 2 is 1.80 bits per heavy atom. The molecular formula is C11H20O4. The molecular weight excluding hydrogens is 196 g/mol. The Kier molecular flexibility index (Phi) is 5.54. The highest BCUT2D eigenvalue weighted by molar-refractivity contribution is 5.88. The highest BCUT2D eigenvalue weighted by Crippen LogP contribution is 2.15. The summed E-state index contributed by atoms with van der Waals surface area (Å²) >= 11 is 0. The second kappa shape index (κ2) is 5.88. The molecule has 0 heterocycles. The summed E-state index contributed by atoms with van der Waals surface area (Å²) in [4.78, 5) is 11.4. The Balaban J connectivity index is 4.34. The number of esters is 1. The molecule has 4 heteroatoms. The Morgan fingerprint density at radius 1 is 1.27 bits per heavy atom. The van der Waals surface area contributed by atoms with E-state index in [0.29, 0.717) is 12.0 Å². The van der Waals surface area contributed by atoms with Crippen molar-refractivity contribution in [2.24, 2.45) is 0 Å². The van der Waals surface area contributed by atoms with Gasteiger partial charge in [-0.15, -0.1) is 0 Å². The number of carbonyl (C=O) groups excluding carboxylic acids is 1. The van der Waals surface area contributed by atoms with Crippen LogP contribution in [0.3, 0.4) is 0 Å². The first-order valence-electron chi connectivity index (χ1n) is 5.12. The molecule has 0 radical (unpaired) electrons. The topological polar surface area (TPSA) is 66.8 Å². The van der Waals surface area contributed by atoms with Crippen LogP contribution < -0.4 is 0 Å². The van der Waals surface area contributed by atoms with Crippen LogP contribution in [-0.4, -0.2) is 22.2 Å². The van der Waals surface area contributed by atoms with Gasteiger partial charge in [0.1, 0.15) is 0 Å². The van der Waals surface area contributed by atoms with Crippen molar-refractivity contribution in [3.8, 4) is 0 Å². The molecule has 88 valence electrons. The lowest BCUT2D eigenvalue weighted by Crippen LogP contribution is -2.34. The number of unbranched alkanes of at least 4 members (excludes halogenated alkanes) is 1. The predicted molar refractivity (Wildman–Crippen MR) is 56.8 cm³/mol. The van der Waals surface area contributed by atoms with Gasteiger partial charge < -0.3 is 14.9 Å². The highest BCUT2D eigenvalue weighted by Gasteiger charge is 2.28. The molecule has 0 saturated carbocycles. The predicted octanol–water partition coefficient (Wildman–Crippen LogP) is 1.71. The van der Waals surface area contributed by atoms with Gasteiger partial charge in [0.15, 0.2) is 0 Å². The monoisotopic (exact) mass is 216 g/mol. The fraction of sp³-hybridized carbons (Fsp3) is 0.727.